The lowest BCUT2D eigenvalue weighted by Gasteiger charge is -2.34. The lowest BCUT2D eigenvalue weighted by Crippen LogP contribution is -2.43. The Morgan fingerprint density at radius 3 is 2.00 bits per heavy atom. The van der Waals surface area contributed by atoms with Crippen LogP contribution in [0.4, 0.5) is 13.2 Å². The second-order valence-corrected chi connectivity index (χ2v) is 7.05. The fourth-order valence-corrected chi connectivity index (χ4v) is 3.59. The van der Waals surface area contributed by atoms with Crippen molar-refractivity contribution < 1.29 is 18.0 Å². The van der Waals surface area contributed by atoms with Crippen LogP contribution >= 0.6 is 0 Å². The van der Waals surface area contributed by atoms with Gasteiger partial charge in [-0.3, -0.25) is 4.79 Å². The number of rotatable bonds is 5. The molecule has 26 heavy (non-hydrogen) atoms. The molecule has 1 aromatic rings. The summed E-state index contributed by atoms with van der Waals surface area (Å²) in [5, 5.41) is 0. The Balaban J connectivity index is 0.00000117. The van der Waals surface area contributed by atoms with E-state index in [1.165, 1.54) is 19.3 Å². The van der Waals surface area contributed by atoms with Crippen molar-refractivity contribution in [3.05, 3.63) is 35.4 Å². The fraction of sp³-hybridized carbons (Fsp3) is 0.667. The van der Waals surface area contributed by atoms with Crippen LogP contribution in [0.1, 0.15) is 81.1 Å². The van der Waals surface area contributed by atoms with Crippen molar-refractivity contribution in [1.29, 1.82) is 0 Å². The molecular formula is C21H30F3NO. The molecule has 2 nitrogen and oxygen atoms in total. The molecule has 3 rings (SSSR count). The van der Waals surface area contributed by atoms with E-state index in [1.54, 1.807) is 24.3 Å². The lowest BCUT2D eigenvalue weighted by atomic mass is 9.93. The van der Waals surface area contributed by atoms with E-state index in [9.17, 15) is 18.0 Å². The Morgan fingerprint density at radius 1 is 0.962 bits per heavy atom. The highest BCUT2D eigenvalue weighted by molar-refractivity contribution is 5.94. The van der Waals surface area contributed by atoms with Crippen LogP contribution in [0.25, 0.3) is 0 Å². The molecule has 0 aliphatic heterocycles. The Kier molecular flexibility index (Phi) is 7.54. The first-order valence-electron chi connectivity index (χ1n) is 9.92. The largest absolute Gasteiger partial charge is 0.389 e. The van der Waals surface area contributed by atoms with Gasteiger partial charge in [0.2, 0.25) is 0 Å². The van der Waals surface area contributed by atoms with Gasteiger partial charge in [0.25, 0.3) is 5.91 Å². The Bertz CT molecular complexity index is 558. The minimum absolute atomic E-state index is 0.0348. The first kappa shape index (κ1) is 20.8. The minimum atomic E-state index is -4.14. The molecule has 2 aliphatic carbocycles. The first-order chi connectivity index (χ1) is 12.4. The van der Waals surface area contributed by atoms with Gasteiger partial charge in [-0.25, -0.2) is 0 Å². The summed E-state index contributed by atoms with van der Waals surface area (Å²) in [4.78, 5) is 15.0. The maximum Gasteiger partial charge on any atom is 0.389 e. The highest BCUT2D eigenvalue weighted by Gasteiger charge is 2.38. The molecule has 1 aromatic carbocycles. The van der Waals surface area contributed by atoms with Crippen LogP contribution in [0.15, 0.2) is 24.3 Å². The Morgan fingerprint density at radius 2 is 1.50 bits per heavy atom. The van der Waals surface area contributed by atoms with E-state index in [-0.39, 0.29) is 12.3 Å². The van der Waals surface area contributed by atoms with Gasteiger partial charge in [0, 0.05) is 24.1 Å². The van der Waals surface area contributed by atoms with Crippen molar-refractivity contribution in [3.8, 4) is 0 Å². The van der Waals surface area contributed by atoms with E-state index >= 15 is 0 Å². The van der Waals surface area contributed by atoms with Crippen LogP contribution in [-0.2, 0) is 6.42 Å². The van der Waals surface area contributed by atoms with Gasteiger partial charge in [0.15, 0.2) is 0 Å². The molecule has 0 N–H and O–H groups in total. The molecule has 0 bridgehead atoms. The average Bonchev–Trinajstić information content (AvgIpc) is 3.47. The van der Waals surface area contributed by atoms with Crippen molar-refractivity contribution in [3.63, 3.8) is 0 Å². The lowest BCUT2D eigenvalue weighted by molar-refractivity contribution is -0.134. The summed E-state index contributed by atoms with van der Waals surface area (Å²) in [6, 6.07) is 7.39. The van der Waals surface area contributed by atoms with Crippen LogP contribution in [0, 0.1) is 0 Å². The SMILES string of the molecule is CC.O=C(c1ccc(CCC(F)(F)F)cc1)N(C1CCCCC1)C1CC1. The van der Waals surface area contributed by atoms with Gasteiger partial charge in [0.1, 0.15) is 0 Å². The van der Waals surface area contributed by atoms with E-state index in [2.05, 4.69) is 4.90 Å². The highest BCUT2D eigenvalue weighted by atomic mass is 19.4. The van der Waals surface area contributed by atoms with E-state index in [0.717, 1.165) is 25.7 Å². The number of benzene rings is 1. The van der Waals surface area contributed by atoms with Crippen molar-refractivity contribution in [2.24, 2.45) is 0 Å². The van der Waals surface area contributed by atoms with E-state index < -0.39 is 12.6 Å². The van der Waals surface area contributed by atoms with Crippen LogP contribution in [-0.4, -0.2) is 29.1 Å². The number of hydrogen-bond acceptors (Lipinski definition) is 1. The van der Waals surface area contributed by atoms with Crippen LogP contribution in [0.2, 0.25) is 0 Å². The molecule has 5 heteroatoms. The highest BCUT2D eigenvalue weighted by Crippen LogP contribution is 2.35. The monoisotopic (exact) mass is 369 g/mol. The number of amides is 1. The minimum Gasteiger partial charge on any atom is -0.333 e. The molecule has 1 amide bonds. The molecule has 2 aliphatic rings. The first-order valence-corrected chi connectivity index (χ1v) is 9.92. The van der Waals surface area contributed by atoms with E-state index in [0.29, 0.717) is 23.2 Å². The maximum atomic E-state index is 12.9. The van der Waals surface area contributed by atoms with Gasteiger partial charge in [-0.1, -0.05) is 45.2 Å². The number of carbonyl (C=O) groups excluding carboxylic acids is 1. The quantitative estimate of drug-likeness (QED) is 0.610. The summed E-state index contributed by atoms with van der Waals surface area (Å²) in [5.41, 5.74) is 1.22. The summed E-state index contributed by atoms with van der Waals surface area (Å²) in [5.74, 6) is 0.0479. The molecule has 0 unspecified atom stereocenters. The van der Waals surface area contributed by atoms with Crippen molar-refractivity contribution in [1.82, 2.24) is 4.90 Å². The predicted octanol–water partition coefficient (Wildman–Crippen LogP) is 6.15. The van der Waals surface area contributed by atoms with E-state index in [4.69, 9.17) is 0 Å². The van der Waals surface area contributed by atoms with Crippen LogP contribution < -0.4 is 0 Å². The van der Waals surface area contributed by atoms with Crippen molar-refractivity contribution in [2.45, 2.75) is 89.9 Å². The Labute approximate surface area is 154 Å². The van der Waals surface area contributed by atoms with Gasteiger partial charge >= 0.3 is 6.18 Å². The van der Waals surface area contributed by atoms with Crippen molar-refractivity contribution >= 4 is 5.91 Å². The number of hydrogen-bond donors (Lipinski definition) is 0. The molecule has 0 heterocycles. The third-order valence-corrected chi connectivity index (χ3v) is 5.04. The van der Waals surface area contributed by atoms with E-state index in [1.807, 2.05) is 13.8 Å². The number of nitrogens with zero attached hydrogens (tertiary/aromatic N) is 1. The zero-order valence-electron chi connectivity index (χ0n) is 15.8. The zero-order chi connectivity index (χ0) is 19.2. The second-order valence-electron chi connectivity index (χ2n) is 7.05. The summed E-state index contributed by atoms with van der Waals surface area (Å²) in [6.07, 6.45) is 2.91. The molecule has 0 atom stereocenters. The number of aryl methyl sites for hydroxylation is 1. The molecule has 2 saturated carbocycles. The second kappa shape index (κ2) is 9.43. The third kappa shape index (κ3) is 6.03. The molecule has 0 aromatic heterocycles. The maximum absolute atomic E-state index is 12.9. The molecule has 0 spiro atoms. The molecular weight excluding hydrogens is 339 g/mol. The van der Waals surface area contributed by atoms with Gasteiger partial charge in [-0.15, -0.1) is 0 Å². The summed E-state index contributed by atoms with van der Waals surface area (Å²) in [7, 11) is 0. The van der Waals surface area contributed by atoms with Crippen LogP contribution in [0.5, 0.6) is 0 Å². The smallest absolute Gasteiger partial charge is 0.333 e. The molecule has 0 saturated heterocycles. The summed E-state index contributed by atoms with van der Waals surface area (Å²) < 4.78 is 36.9. The number of carbonyl (C=O) groups is 1. The average molecular weight is 369 g/mol. The van der Waals surface area contributed by atoms with Crippen LogP contribution in [0.3, 0.4) is 0 Å². The standard InChI is InChI=1S/C19H24F3NO.C2H6/c20-19(21,22)13-12-14-6-8-15(9-7-14)18(24)23(17-10-11-17)16-4-2-1-3-5-16;1-2/h6-9,16-17H,1-5,10-13H2;1-2H3. The Hall–Kier alpha value is -1.52. The summed E-state index contributed by atoms with van der Waals surface area (Å²) in [6.45, 7) is 4.00. The topological polar surface area (TPSA) is 20.3 Å². The normalized spacial score (nSPS) is 18.0. The van der Waals surface area contributed by atoms with Gasteiger partial charge in [-0.2, -0.15) is 13.2 Å². The molecule has 0 radical (unpaired) electrons. The zero-order valence-corrected chi connectivity index (χ0v) is 15.8. The number of halogens is 3. The number of alkyl halides is 3. The summed E-state index contributed by atoms with van der Waals surface area (Å²) >= 11 is 0. The fourth-order valence-electron chi connectivity index (χ4n) is 3.59. The van der Waals surface area contributed by atoms with Crippen molar-refractivity contribution in [2.75, 3.05) is 0 Å². The molecule has 2 fully saturated rings. The third-order valence-electron chi connectivity index (χ3n) is 5.04. The van der Waals surface area contributed by atoms with Gasteiger partial charge < -0.3 is 4.90 Å². The predicted molar refractivity (Wildman–Crippen MR) is 98.2 cm³/mol. The molecule has 146 valence electrons. The van der Waals surface area contributed by atoms with Gasteiger partial charge in [0.05, 0.1) is 0 Å². The van der Waals surface area contributed by atoms with Gasteiger partial charge in [-0.05, 0) is 49.8 Å².